The lowest BCUT2D eigenvalue weighted by Gasteiger charge is -2.18. The standard InChI is InChI=1S/C22H24N4OS/c1-14-4-9-17-18(10-14)28-21-20(17)22(27)26(19(24-21)13-25(2)3)12-16-7-5-15(11-23)6-8-16/h5-8,14H,4,9-10,12-13H2,1-3H3. The van der Waals surface area contributed by atoms with Crippen LogP contribution in [0.2, 0.25) is 0 Å². The molecule has 1 aromatic carbocycles. The van der Waals surface area contributed by atoms with Gasteiger partial charge in [0, 0.05) is 4.88 Å². The molecule has 28 heavy (non-hydrogen) atoms. The van der Waals surface area contributed by atoms with Gasteiger partial charge >= 0.3 is 0 Å². The fourth-order valence-electron chi connectivity index (χ4n) is 3.90. The van der Waals surface area contributed by atoms with Gasteiger partial charge in [-0.3, -0.25) is 9.36 Å². The van der Waals surface area contributed by atoms with Crippen molar-refractivity contribution in [3.63, 3.8) is 0 Å². The Kier molecular flexibility index (Phi) is 5.05. The molecule has 144 valence electrons. The Morgan fingerprint density at radius 1 is 1.32 bits per heavy atom. The fourth-order valence-corrected chi connectivity index (χ4v) is 5.29. The monoisotopic (exact) mass is 392 g/mol. The van der Waals surface area contributed by atoms with E-state index in [1.54, 1.807) is 23.5 Å². The highest BCUT2D eigenvalue weighted by Gasteiger charge is 2.24. The van der Waals surface area contributed by atoms with Gasteiger partial charge in [-0.25, -0.2) is 4.98 Å². The highest BCUT2D eigenvalue weighted by Crippen LogP contribution is 2.35. The zero-order valence-electron chi connectivity index (χ0n) is 16.5. The van der Waals surface area contributed by atoms with Gasteiger partial charge in [-0.1, -0.05) is 19.1 Å². The van der Waals surface area contributed by atoms with Crippen molar-refractivity contribution in [2.24, 2.45) is 5.92 Å². The number of aryl methyl sites for hydroxylation is 1. The van der Waals surface area contributed by atoms with Crippen LogP contribution < -0.4 is 5.56 Å². The van der Waals surface area contributed by atoms with Crippen molar-refractivity contribution in [2.75, 3.05) is 14.1 Å². The largest absolute Gasteiger partial charge is 0.302 e. The molecule has 0 aliphatic heterocycles. The summed E-state index contributed by atoms with van der Waals surface area (Å²) in [5, 5.41) is 9.83. The Balaban J connectivity index is 1.85. The zero-order chi connectivity index (χ0) is 19.8. The Labute approximate surface area is 168 Å². The number of benzene rings is 1. The summed E-state index contributed by atoms with van der Waals surface area (Å²) in [4.78, 5) is 22.7. The second-order valence-electron chi connectivity index (χ2n) is 8.00. The Morgan fingerprint density at radius 2 is 2.07 bits per heavy atom. The minimum absolute atomic E-state index is 0.0678. The molecule has 4 rings (SSSR count). The number of fused-ring (bicyclic) bond motifs is 3. The minimum Gasteiger partial charge on any atom is -0.302 e. The number of rotatable bonds is 4. The molecule has 0 N–H and O–H groups in total. The van der Waals surface area contributed by atoms with Crippen LogP contribution in [0.5, 0.6) is 0 Å². The normalized spacial score (nSPS) is 16.3. The summed E-state index contributed by atoms with van der Waals surface area (Å²) >= 11 is 1.70. The van der Waals surface area contributed by atoms with E-state index in [0.717, 1.165) is 40.9 Å². The molecule has 1 aliphatic carbocycles. The van der Waals surface area contributed by atoms with E-state index in [1.165, 1.54) is 10.4 Å². The first-order valence-electron chi connectivity index (χ1n) is 9.64. The molecular weight excluding hydrogens is 368 g/mol. The van der Waals surface area contributed by atoms with E-state index in [0.29, 0.717) is 24.6 Å². The third kappa shape index (κ3) is 3.48. The SMILES string of the molecule is CC1CCc2c(sc3nc(CN(C)C)n(Cc4ccc(C#N)cc4)c(=O)c23)C1. The zero-order valence-corrected chi connectivity index (χ0v) is 17.3. The Bertz CT molecular complexity index is 1120. The van der Waals surface area contributed by atoms with Crippen LogP contribution in [0.25, 0.3) is 10.2 Å². The van der Waals surface area contributed by atoms with Gasteiger partial charge in [-0.15, -0.1) is 11.3 Å². The molecule has 0 bridgehead atoms. The van der Waals surface area contributed by atoms with Crippen LogP contribution in [0.4, 0.5) is 0 Å². The number of aromatic nitrogens is 2. The molecule has 3 aromatic rings. The number of hydrogen-bond acceptors (Lipinski definition) is 5. The van der Waals surface area contributed by atoms with E-state index in [-0.39, 0.29) is 5.56 Å². The van der Waals surface area contributed by atoms with E-state index >= 15 is 0 Å². The summed E-state index contributed by atoms with van der Waals surface area (Å²) in [6.07, 6.45) is 3.15. The average Bonchev–Trinajstić information content (AvgIpc) is 3.02. The van der Waals surface area contributed by atoms with E-state index in [2.05, 4.69) is 13.0 Å². The predicted octanol–water partition coefficient (Wildman–Crippen LogP) is 3.56. The molecule has 6 heteroatoms. The maximum absolute atomic E-state index is 13.5. The van der Waals surface area contributed by atoms with Gasteiger partial charge in [0.1, 0.15) is 10.7 Å². The minimum atomic E-state index is 0.0678. The lowest BCUT2D eigenvalue weighted by molar-refractivity contribution is 0.379. The predicted molar refractivity (Wildman–Crippen MR) is 113 cm³/mol. The molecule has 1 atom stereocenters. The van der Waals surface area contributed by atoms with E-state index < -0.39 is 0 Å². The first-order valence-corrected chi connectivity index (χ1v) is 10.5. The highest BCUT2D eigenvalue weighted by molar-refractivity contribution is 7.18. The topological polar surface area (TPSA) is 61.9 Å². The molecule has 5 nitrogen and oxygen atoms in total. The number of nitriles is 1. The van der Waals surface area contributed by atoms with Gasteiger partial charge < -0.3 is 4.90 Å². The molecular formula is C22H24N4OS. The molecule has 2 heterocycles. The molecule has 0 spiro atoms. The average molecular weight is 393 g/mol. The third-order valence-corrected chi connectivity index (χ3v) is 6.52. The lowest BCUT2D eigenvalue weighted by Crippen LogP contribution is -2.29. The summed E-state index contributed by atoms with van der Waals surface area (Å²) in [5.74, 6) is 1.46. The quantitative estimate of drug-likeness (QED) is 0.681. The summed E-state index contributed by atoms with van der Waals surface area (Å²) < 4.78 is 1.81. The van der Waals surface area contributed by atoms with E-state index in [4.69, 9.17) is 10.2 Å². The second-order valence-corrected chi connectivity index (χ2v) is 9.08. The molecule has 0 amide bonds. The number of nitrogens with zero attached hydrogens (tertiary/aromatic N) is 4. The van der Waals surface area contributed by atoms with Crippen molar-refractivity contribution in [2.45, 2.75) is 39.3 Å². The van der Waals surface area contributed by atoms with Crippen molar-refractivity contribution in [3.05, 3.63) is 62.0 Å². The van der Waals surface area contributed by atoms with Crippen LogP contribution >= 0.6 is 11.3 Å². The van der Waals surface area contributed by atoms with Crippen molar-refractivity contribution in [1.29, 1.82) is 5.26 Å². The summed E-state index contributed by atoms with van der Waals surface area (Å²) in [6, 6.07) is 9.57. The maximum Gasteiger partial charge on any atom is 0.262 e. The fraction of sp³-hybridized carbons (Fsp3) is 0.409. The van der Waals surface area contributed by atoms with Crippen molar-refractivity contribution in [3.8, 4) is 6.07 Å². The maximum atomic E-state index is 13.5. The van der Waals surface area contributed by atoms with E-state index in [1.807, 2.05) is 35.7 Å². The smallest absolute Gasteiger partial charge is 0.262 e. The first kappa shape index (κ1) is 18.9. The van der Waals surface area contributed by atoms with Crippen LogP contribution in [0.1, 0.15) is 40.7 Å². The lowest BCUT2D eigenvalue weighted by atomic mass is 9.89. The van der Waals surface area contributed by atoms with Gasteiger partial charge in [0.05, 0.1) is 30.1 Å². The Hall–Kier alpha value is -2.49. The van der Waals surface area contributed by atoms with Crippen molar-refractivity contribution < 1.29 is 0 Å². The van der Waals surface area contributed by atoms with Crippen molar-refractivity contribution >= 4 is 21.6 Å². The van der Waals surface area contributed by atoms with Gasteiger partial charge in [0.25, 0.3) is 5.56 Å². The van der Waals surface area contributed by atoms with Crippen LogP contribution in [0.15, 0.2) is 29.1 Å². The van der Waals surface area contributed by atoms with E-state index in [9.17, 15) is 4.79 Å². The van der Waals surface area contributed by atoms with Crippen molar-refractivity contribution in [1.82, 2.24) is 14.5 Å². The second kappa shape index (κ2) is 7.50. The van der Waals surface area contributed by atoms with Gasteiger partial charge in [0.2, 0.25) is 0 Å². The number of thiophene rings is 1. The first-order chi connectivity index (χ1) is 13.5. The van der Waals surface area contributed by atoms with Crippen LogP contribution in [0.3, 0.4) is 0 Å². The molecule has 0 fully saturated rings. The molecule has 0 saturated heterocycles. The highest BCUT2D eigenvalue weighted by atomic mass is 32.1. The van der Waals surface area contributed by atoms with Crippen LogP contribution in [-0.4, -0.2) is 28.5 Å². The van der Waals surface area contributed by atoms with Crippen LogP contribution in [0, 0.1) is 17.2 Å². The molecule has 0 saturated carbocycles. The molecule has 0 radical (unpaired) electrons. The number of hydrogen-bond donors (Lipinski definition) is 0. The summed E-state index contributed by atoms with van der Waals surface area (Å²) in [5.41, 5.74) is 2.91. The Morgan fingerprint density at radius 3 is 2.75 bits per heavy atom. The van der Waals surface area contributed by atoms with Crippen LogP contribution in [-0.2, 0) is 25.9 Å². The molecule has 1 aliphatic rings. The molecule has 2 aromatic heterocycles. The summed E-state index contributed by atoms with van der Waals surface area (Å²) in [7, 11) is 3.98. The third-order valence-electron chi connectivity index (χ3n) is 5.38. The van der Waals surface area contributed by atoms with Gasteiger partial charge in [0.15, 0.2) is 0 Å². The van der Waals surface area contributed by atoms with Gasteiger partial charge in [-0.2, -0.15) is 5.26 Å². The summed E-state index contributed by atoms with van der Waals surface area (Å²) in [6.45, 7) is 3.36. The van der Waals surface area contributed by atoms with Gasteiger partial charge in [-0.05, 0) is 62.5 Å². The molecule has 1 unspecified atom stereocenters.